The highest BCUT2D eigenvalue weighted by atomic mass is 15.1. The van der Waals surface area contributed by atoms with Crippen molar-refractivity contribution in [3.05, 3.63) is 59.2 Å². The Morgan fingerprint density at radius 1 is 1.14 bits per heavy atom. The van der Waals surface area contributed by atoms with E-state index in [2.05, 4.69) is 56.3 Å². The molecule has 7 rings (SSSR count). The Labute approximate surface area is 132 Å². The van der Waals surface area contributed by atoms with Gasteiger partial charge < -0.3 is 5.73 Å². The number of benzene rings is 1. The Morgan fingerprint density at radius 2 is 1.86 bits per heavy atom. The van der Waals surface area contributed by atoms with E-state index < -0.39 is 0 Å². The van der Waals surface area contributed by atoms with E-state index in [1.165, 1.54) is 30.4 Å². The minimum Gasteiger partial charge on any atom is -0.318 e. The van der Waals surface area contributed by atoms with Crippen LogP contribution in [0.2, 0.25) is 0 Å². The third-order valence-corrected chi connectivity index (χ3v) is 8.27. The van der Waals surface area contributed by atoms with E-state index in [1.807, 2.05) is 0 Å². The topological polar surface area (TPSA) is 26.0 Å². The van der Waals surface area contributed by atoms with Crippen LogP contribution in [0.5, 0.6) is 0 Å². The van der Waals surface area contributed by atoms with Gasteiger partial charge in [-0.15, -0.1) is 0 Å². The Balaban J connectivity index is 1.64. The molecule has 1 heteroatoms. The van der Waals surface area contributed by atoms with E-state index in [9.17, 15) is 0 Å². The first-order valence-electron chi connectivity index (χ1n) is 8.76. The van der Waals surface area contributed by atoms with Crippen molar-refractivity contribution in [3.8, 4) is 0 Å². The van der Waals surface area contributed by atoms with Gasteiger partial charge in [0.15, 0.2) is 0 Å². The van der Waals surface area contributed by atoms with Gasteiger partial charge in [-0.3, -0.25) is 0 Å². The average Bonchev–Trinajstić information content (AvgIpc) is 3.40. The van der Waals surface area contributed by atoms with Crippen LogP contribution in [0, 0.1) is 22.7 Å². The molecule has 0 aromatic heterocycles. The summed E-state index contributed by atoms with van der Waals surface area (Å²) in [6.07, 6.45) is 10.9. The van der Waals surface area contributed by atoms with E-state index in [0.717, 1.165) is 5.92 Å². The highest BCUT2D eigenvalue weighted by Crippen LogP contribution is 3.14. The minimum absolute atomic E-state index is 0.328. The second kappa shape index (κ2) is 3.01. The van der Waals surface area contributed by atoms with Crippen LogP contribution in [0.1, 0.15) is 44.2 Å². The van der Waals surface area contributed by atoms with Crippen molar-refractivity contribution in [2.75, 3.05) is 0 Å². The van der Waals surface area contributed by atoms with Crippen LogP contribution >= 0.6 is 0 Å². The molecule has 1 nitrogen and oxygen atoms in total. The van der Waals surface area contributed by atoms with Gasteiger partial charge in [-0.1, -0.05) is 49.4 Å². The maximum absolute atomic E-state index is 6.99. The highest BCUT2D eigenvalue weighted by molar-refractivity contribution is 5.69. The van der Waals surface area contributed by atoms with Crippen LogP contribution < -0.4 is 5.73 Å². The summed E-state index contributed by atoms with van der Waals surface area (Å²) in [5.41, 5.74) is 12.8. The molecule has 112 valence electrons. The molecule has 2 bridgehead atoms. The van der Waals surface area contributed by atoms with Crippen molar-refractivity contribution in [1.82, 2.24) is 0 Å². The van der Waals surface area contributed by atoms with Gasteiger partial charge >= 0.3 is 0 Å². The monoisotopic (exact) mass is 289 g/mol. The summed E-state index contributed by atoms with van der Waals surface area (Å²) in [5, 5.41) is 0. The van der Waals surface area contributed by atoms with E-state index in [4.69, 9.17) is 5.73 Å². The Kier molecular flexibility index (Phi) is 1.66. The zero-order valence-corrected chi connectivity index (χ0v) is 13.4. The molecule has 0 amide bonds. The largest absolute Gasteiger partial charge is 0.318 e. The molecule has 6 atom stereocenters. The lowest BCUT2D eigenvalue weighted by molar-refractivity contribution is 0.337. The minimum atomic E-state index is -0.328. The fourth-order valence-corrected chi connectivity index (χ4v) is 7.28. The average molecular weight is 289 g/mol. The molecule has 3 saturated carbocycles. The SMILES string of the molecule is C[C@]1(N)C2=CC=CCC2CC23CC24[C@H]3[C@@]4(C)c2ccccc21. The molecule has 0 saturated heterocycles. The summed E-state index contributed by atoms with van der Waals surface area (Å²) in [6, 6.07) is 9.04. The van der Waals surface area contributed by atoms with Crippen LogP contribution in [0.25, 0.3) is 0 Å². The molecule has 3 fully saturated rings. The third kappa shape index (κ3) is 0.917. The first-order chi connectivity index (χ1) is 10.5. The molecular formula is C21H23N. The van der Waals surface area contributed by atoms with E-state index in [1.54, 1.807) is 5.56 Å². The fraction of sp³-hybridized carbons (Fsp3) is 0.524. The molecule has 2 spiro atoms. The zero-order valence-electron chi connectivity index (χ0n) is 13.4. The molecule has 6 aliphatic carbocycles. The van der Waals surface area contributed by atoms with Crippen LogP contribution in [0.3, 0.4) is 0 Å². The summed E-state index contributed by atoms with van der Waals surface area (Å²) >= 11 is 0. The molecule has 1 aromatic rings. The highest BCUT2D eigenvalue weighted by Gasteiger charge is 3.11. The van der Waals surface area contributed by atoms with Crippen LogP contribution in [-0.2, 0) is 11.0 Å². The van der Waals surface area contributed by atoms with E-state index in [0.29, 0.717) is 22.2 Å². The fourth-order valence-electron chi connectivity index (χ4n) is 7.28. The number of rotatable bonds is 0. The third-order valence-electron chi connectivity index (χ3n) is 8.27. The first kappa shape index (κ1) is 12.1. The smallest absolute Gasteiger partial charge is 0.0605 e. The molecular weight excluding hydrogens is 266 g/mol. The van der Waals surface area contributed by atoms with Crippen LogP contribution in [-0.4, -0.2) is 0 Å². The molecule has 0 radical (unpaired) electrons. The predicted octanol–water partition coefficient (Wildman–Crippen LogP) is 4.04. The van der Waals surface area contributed by atoms with Gasteiger partial charge in [0.2, 0.25) is 0 Å². The van der Waals surface area contributed by atoms with Gasteiger partial charge in [0.25, 0.3) is 0 Å². The lowest BCUT2D eigenvalue weighted by Crippen LogP contribution is -2.39. The van der Waals surface area contributed by atoms with Crippen molar-refractivity contribution in [2.24, 2.45) is 28.4 Å². The van der Waals surface area contributed by atoms with Crippen molar-refractivity contribution >= 4 is 0 Å². The molecule has 6 aliphatic rings. The molecule has 0 aliphatic heterocycles. The van der Waals surface area contributed by atoms with Crippen molar-refractivity contribution < 1.29 is 0 Å². The van der Waals surface area contributed by atoms with Crippen molar-refractivity contribution in [1.29, 1.82) is 0 Å². The Hall–Kier alpha value is -1.34. The normalized spacial score (nSPS) is 55.3. The van der Waals surface area contributed by atoms with Gasteiger partial charge in [-0.2, -0.15) is 0 Å². The second-order valence-corrected chi connectivity index (χ2v) is 8.87. The number of hydrogen-bond donors (Lipinski definition) is 1. The molecule has 1 aromatic carbocycles. The molecule has 2 N–H and O–H groups in total. The summed E-state index contributed by atoms with van der Waals surface area (Å²) in [5.74, 6) is 1.61. The zero-order chi connectivity index (χ0) is 15.0. The van der Waals surface area contributed by atoms with Crippen LogP contribution in [0.15, 0.2) is 48.1 Å². The second-order valence-electron chi connectivity index (χ2n) is 8.87. The Morgan fingerprint density at radius 3 is 2.64 bits per heavy atom. The van der Waals surface area contributed by atoms with Gasteiger partial charge in [-0.25, -0.2) is 0 Å². The summed E-state index contributed by atoms with van der Waals surface area (Å²) in [6.45, 7) is 4.76. The van der Waals surface area contributed by atoms with Gasteiger partial charge in [0, 0.05) is 5.41 Å². The van der Waals surface area contributed by atoms with Gasteiger partial charge in [0.05, 0.1) is 5.54 Å². The van der Waals surface area contributed by atoms with E-state index >= 15 is 0 Å². The van der Waals surface area contributed by atoms with E-state index in [-0.39, 0.29) is 5.54 Å². The summed E-state index contributed by atoms with van der Waals surface area (Å²) in [4.78, 5) is 0. The first-order valence-corrected chi connectivity index (χ1v) is 8.76. The standard InChI is InChI=1S/C21H23N/c1-18-15-9-5-6-10-16(15)19(2,22)14-8-4-3-7-13(14)11-20-12-21(18,20)17(18)20/h3-6,8-10,13,17H,7,11-12,22H2,1-2H3/t13?,17-,18+,19-,20?,21?/m0/s1. The summed E-state index contributed by atoms with van der Waals surface area (Å²) < 4.78 is 0. The van der Waals surface area contributed by atoms with Gasteiger partial charge in [-0.05, 0) is 65.6 Å². The number of allylic oxidation sites excluding steroid dienone is 3. The molecule has 22 heavy (non-hydrogen) atoms. The number of nitrogens with two attached hydrogens (primary N) is 1. The lowest BCUT2D eigenvalue weighted by atomic mass is 9.72. The van der Waals surface area contributed by atoms with Crippen molar-refractivity contribution in [2.45, 2.75) is 44.1 Å². The van der Waals surface area contributed by atoms with Crippen LogP contribution in [0.4, 0.5) is 0 Å². The Bertz CT molecular complexity index is 800. The molecule has 3 unspecified atom stereocenters. The molecule has 0 heterocycles. The quantitative estimate of drug-likeness (QED) is 0.766. The van der Waals surface area contributed by atoms with Gasteiger partial charge in [0.1, 0.15) is 0 Å². The van der Waals surface area contributed by atoms with Crippen molar-refractivity contribution in [3.63, 3.8) is 0 Å². The summed E-state index contributed by atoms with van der Waals surface area (Å²) in [7, 11) is 0. The predicted molar refractivity (Wildman–Crippen MR) is 88.3 cm³/mol. The maximum Gasteiger partial charge on any atom is 0.0605 e. The lowest BCUT2D eigenvalue weighted by Gasteiger charge is -2.36. The maximum atomic E-state index is 6.99. The number of hydrogen-bond acceptors (Lipinski definition) is 1.